The summed E-state index contributed by atoms with van der Waals surface area (Å²) in [7, 11) is 0. The first-order valence-corrected chi connectivity index (χ1v) is 5.65. The first-order chi connectivity index (χ1) is 7.85. The molecule has 0 radical (unpaired) electrons. The molecule has 0 bridgehead atoms. The number of hydrogen-bond donors (Lipinski definition) is 3. The molecule has 1 rings (SSSR count). The second-order valence-electron chi connectivity index (χ2n) is 4.48. The van der Waals surface area contributed by atoms with E-state index in [1.165, 1.54) is 12.1 Å². The van der Waals surface area contributed by atoms with Gasteiger partial charge in [-0.1, -0.05) is 11.6 Å². The zero-order valence-corrected chi connectivity index (χ0v) is 10.6. The fraction of sp³-hybridized carbons (Fsp3) is 0.417. The van der Waals surface area contributed by atoms with E-state index in [1.807, 2.05) is 13.8 Å². The smallest absolute Gasteiger partial charge is 0.337 e. The highest BCUT2D eigenvalue weighted by atomic mass is 35.5. The number of hydrogen-bond acceptors (Lipinski definition) is 3. The Bertz CT molecular complexity index is 418. The van der Waals surface area contributed by atoms with Gasteiger partial charge in [-0.25, -0.2) is 4.79 Å². The lowest BCUT2D eigenvalue weighted by atomic mass is 10.00. The topological polar surface area (TPSA) is 69.6 Å². The van der Waals surface area contributed by atoms with Crippen molar-refractivity contribution < 1.29 is 15.0 Å². The zero-order valence-electron chi connectivity index (χ0n) is 9.83. The molecular weight excluding hydrogens is 242 g/mol. The highest BCUT2D eigenvalue weighted by Crippen LogP contribution is 2.25. The van der Waals surface area contributed by atoms with Crippen molar-refractivity contribution in [2.75, 3.05) is 11.9 Å². The average molecular weight is 258 g/mol. The fourth-order valence-corrected chi connectivity index (χ4v) is 1.69. The van der Waals surface area contributed by atoms with Crippen LogP contribution in [0.5, 0.6) is 0 Å². The molecule has 4 nitrogen and oxygen atoms in total. The number of rotatable bonds is 5. The van der Waals surface area contributed by atoms with Gasteiger partial charge in [0.1, 0.15) is 0 Å². The quantitative estimate of drug-likeness (QED) is 0.758. The summed E-state index contributed by atoms with van der Waals surface area (Å²) in [4.78, 5) is 11.0. The summed E-state index contributed by atoms with van der Waals surface area (Å²) in [5, 5.41) is 21.5. The maximum Gasteiger partial charge on any atom is 0.337 e. The van der Waals surface area contributed by atoms with Gasteiger partial charge in [0.15, 0.2) is 0 Å². The number of carboxylic acids is 1. The number of carboxylic acid groups (broad SMARTS) is 1. The van der Waals surface area contributed by atoms with Gasteiger partial charge in [0.25, 0.3) is 0 Å². The minimum absolute atomic E-state index is 0.0307. The molecule has 0 aliphatic heterocycles. The van der Waals surface area contributed by atoms with E-state index in [4.69, 9.17) is 21.8 Å². The van der Waals surface area contributed by atoms with E-state index in [0.717, 1.165) is 0 Å². The molecule has 0 aliphatic rings. The molecule has 94 valence electrons. The first kappa shape index (κ1) is 13.8. The van der Waals surface area contributed by atoms with Crippen molar-refractivity contribution in [3.05, 3.63) is 28.8 Å². The normalized spacial score (nSPS) is 11.3. The van der Waals surface area contributed by atoms with E-state index < -0.39 is 11.5 Å². The predicted molar refractivity (Wildman–Crippen MR) is 67.8 cm³/mol. The van der Waals surface area contributed by atoms with Crippen LogP contribution in [0.2, 0.25) is 5.02 Å². The van der Waals surface area contributed by atoms with Gasteiger partial charge < -0.3 is 15.5 Å². The van der Waals surface area contributed by atoms with Crippen LogP contribution in [0.3, 0.4) is 0 Å². The maximum absolute atomic E-state index is 11.0. The third-order valence-corrected chi connectivity index (χ3v) is 2.66. The van der Waals surface area contributed by atoms with Gasteiger partial charge in [-0.15, -0.1) is 0 Å². The molecule has 3 N–H and O–H groups in total. The van der Waals surface area contributed by atoms with Crippen LogP contribution in [0.25, 0.3) is 0 Å². The van der Waals surface area contributed by atoms with E-state index >= 15 is 0 Å². The van der Waals surface area contributed by atoms with E-state index in [-0.39, 0.29) is 12.2 Å². The maximum atomic E-state index is 11.0. The van der Waals surface area contributed by atoms with Crippen LogP contribution in [-0.2, 0) is 0 Å². The molecule has 0 saturated carbocycles. The van der Waals surface area contributed by atoms with E-state index in [2.05, 4.69) is 5.32 Å². The summed E-state index contributed by atoms with van der Waals surface area (Å²) < 4.78 is 0. The van der Waals surface area contributed by atoms with Crippen molar-refractivity contribution in [1.82, 2.24) is 0 Å². The predicted octanol–water partition coefficient (Wildman–Crippen LogP) is 2.61. The summed E-state index contributed by atoms with van der Waals surface area (Å²) in [5.41, 5.74) is 0.229. The second-order valence-corrected chi connectivity index (χ2v) is 4.91. The minimum atomic E-state index is -1.01. The lowest BCUT2D eigenvalue weighted by Gasteiger charge is -2.27. The number of anilines is 1. The van der Waals surface area contributed by atoms with Crippen molar-refractivity contribution in [2.24, 2.45) is 0 Å². The Morgan fingerprint density at radius 1 is 1.47 bits per heavy atom. The van der Waals surface area contributed by atoms with Gasteiger partial charge in [0, 0.05) is 17.2 Å². The molecule has 1 aromatic carbocycles. The van der Waals surface area contributed by atoms with Crippen LogP contribution < -0.4 is 5.32 Å². The van der Waals surface area contributed by atoms with Crippen LogP contribution in [0.1, 0.15) is 30.6 Å². The largest absolute Gasteiger partial charge is 0.478 e. The number of halogens is 1. The molecule has 0 amide bonds. The second kappa shape index (κ2) is 5.38. The summed E-state index contributed by atoms with van der Waals surface area (Å²) in [6, 6.07) is 4.57. The van der Waals surface area contributed by atoms with Crippen LogP contribution in [0.15, 0.2) is 18.2 Å². The van der Waals surface area contributed by atoms with Crippen LogP contribution >= 0.6 is 11.6 Å². The lowest BCUT2D eigenvalue weighted by molar-refractivity contribution is 0.0698. The van der Waals surface area contributed by atoms with Gasteiger partial charge in [-0.05, 0) is 38.5 Å². The van der Waals surface area contributed by atoms with Gasteiger partial charge in [0.2, 0.25) is 0 Å². The SMILES string of the molecule is CC(C)(CCO)Nc1cc(Cl)ccc1C(=O)O. The summed E-state index contributed by atoms with van der Waals surface area (Å²) in [5.74, 6) is -1.01. The Kier molecular flexibility index (Phi) is 4.37. The fourth-order valence-electron chi connectivity index (χ4n) is 1.51. The van der Waals surface area contributed by atoms with Gasteiger partial charge in [-0.3, -0.25) is 0 Å². The molecule has 0 aliphatic carbocycles. The summed E-state index contributed by atoms with van der Waals surface area (Å²) in [6.07, 6.45) is 0.512. The highest BCUT2D eigenvalue weighted by molar-refractivity contribution is 6.31. The number of nitrogens with one attached hydrogen (secondary N) is 1. The van der Waals surface area contributed by atoms with Gasteiger partial charge in [0.05, 0.1) is 11.3 Å². The van der Waals surface area contributed by atoms with E-state index in [1.54, 1.807) is 6.07 Å². The van der Waals surface area contributed by atoms with E-state index in [0.29, 0.717) is 17.1 Å². The van der Waals surface area contributed by atoms with Crippen molar-refractivity contribution in [3.8, 4) is 0 Å². The van der Waals surface area contributed by atoms with Gasteiger partial charge in [-0.2, -0.15) is 0 Å². The number of benzene rings is 1. The summed E-state index contributed by atoms with van der Waals surface area (Å²) in [6.45, 7) is 3.80. The Morgan fingerprint density at radius 3 is 2.65 bits per heavy atom. The number of aromatic carboxylic acids is 1. The Morgan fingerprint density at radius 2 is 2.12 bits per heavy atom. The average Bonchev–Trinajstić information content (AvgIpc) is 2.15. The first-order valence-electron chi connectivity index (χ1n) is 5.27. The van der Waals surface area contributed by atoms with Crippen molar-refractivity contribution in [2.45, 2.75) is 25.8 Å². The standard InChI is InChI=1S/C12H16ClNO3/c1-12(2,5-6-15)14-10-7-8(13)3-4-9(10)11(16)17/h3-4,7,14-15H,5-6H2,1-2H3,(H,16,17). The van der Waals surface area contributed by atoms with Crippen molar-refractivity contribution in [1.29, 1.82) is 0 Å². The number of aliphatic hydroxyl groups is 1. The van der Waals surface area contributed by atoms with Crippen LogP contribution in [0, 0.1) is 0 Å². The molecule has 1 aromatic rings. The molecule has 5 heteroatoms. The molecule has 0 heterocycles. The van der Waals surface area contributed by atoms with Crippen LogP contribution in [0.4, 0.5) is 5.69 Å². The van der Waals surface area contributed by atoms with Crippen molar-refractivity contribution in [3.63, 3.8) is 0 Å². The molecule has 0 saturated heterocycles. The molecule has 17 heavy (non-hydrogen) atoms. The Hall–Kier alpha value is -1.26. The van der Waals surface area contributed by atoms with Gasteiger partial charge >= 0.3 is 5.97 Å². The molecule has 0 fully saturated rings. The monoisotopic (exact) mass is 257 g/mol. The molecule has 0 atom stereocenters. The molecule has 0 unspecified atom stereocenters. The third-order valence-electron chi connectivity index (χ3n) is 2.42. The molecule has 0 spiro atoms. The van der Waals surface area contributed by atoms with E-state index in [9.17, 15) is 4.79 Å². The zero-order chi connectivity index (χ0) is 13.1. The molecule has 0 aromatic heterocycles. The summed E-state index contributed by atoms with van der Waals surface area (Å²) >= 11 is 5.85. The van der Waals surface area contributed by atoms with Crippen molar-refractivity contribution >= 4 is 23.3 Å². The number of carbonyl (C=O) groups is 1. The Labute approximate surface area is 105 Å². The highest BCUT2D eigenvalue weighted by Gasteiger charge is 2.20. The Balaban J connectivity index is 3.04. The lowest BCUT2D eigenvalue weighted by Crippen LogP contribution is -2.32. The third kappa shape index (κ3) is 3.91. The van der Waals surface area contributed by atoms with Crippen LogP contribution in [-0.4, -0.2) is 28.3 Å². The number of aliphatic hydroxyl groups excluding tert-OH is 1. The minimum Gasteiger partial charge on any atom is -0.478 e. The molecular formula is C12H16ClNO3.